The van der Waals surface area contributed by atoms with Gasteiger partial charge in [0.25, 0.3) is 0 Å². The van der Waals surface area contributed by atoms with Gasteiger partial charge in [-0.05, 0) is 19.1 Å². The van der Waals surface area contributed by atoms with Crippen molar-refractivity contribution < 1.29 is 13.2 Å². The predicted octanol–water partition coefficient (Wildman–Crippen LogP) is 0.484. The quantitative estimate of drug-likeness (QED) is 0.401. The van der Waals surface area contributed by atoms with E-state index in [2.05, 4.69) is 25.8 Å². The molecule has 0 amide bonds. The van der Waals surface area contributed by atoms with Crippen molar-refractivity contribution in [1.29, 1.82) is 0 Å². The van der Waals surface area contributed by atoms with Gasteiger partial charge in [-0.25, -0.2) is 8.42 Å². The molecule has 0 atom stereocenters. The lowest BCUT2D eigenvalue weighted by Crippen LogP contribution is -2.39. The van der Waals surface area contributed by atoms with Gasteiger partial charge in [0, 0.05) is 38.8 Å². The Hall–Kier alpha value is -1.54. The van der Waals surface area contributed by atoms with Gasteiger partial charge in [0.2, 0.25) is 0 Å². The fourth-order valence-electron chi connectivity index (χ4n) is 1.98. The molecule has 0 bridgehead atoms. The van der Waals surface area contributed by atoms with Crippen molar-refractivity contribution >= 4 is 15.8 Å². The van der Waals surface area contributed by atoms with Crippen molar-refractivity contribution in [2.45, 2.75) is 13.5 Å². The number of aromatic nitrogens is 1. The third-order valence-electron chi connectivity index (χ3n) is 3.24. The zero-order valence-corrected chi connectivity index (χ0v) is 15.3. The monoisotopic (exact) mass is 344 g/mol. The molecule has 1 aromatic rings. The number of aryl methyl sites for hydroxylation is 1. The Bertz CT molecular complexity index is 596. The second-order valence-electron chi connectivity index (χ2n) is 5.44. The van der Waals surface area contributed by atoms with E-state index in [1.165, 1.54) is 11.9 Å². The molecule has 0 saturated carbocycles. The first-order valence-electron chi connectivity index (χ1n) is 7.68. The summed E-state index contributed by atoms with van der Waals surface area (Å²) >= 11 is 0. The summed E-state index contributed by atoms with van der Waals surface area (Å²) < 4.78 is 29.4. The fourth-order valence-corrected chi connectivity index (χ4v) is 2.40. The zero-order chi connectivity index (χ0) is 17.3. The maximum Gasteiger partial charge on any atom is 0.194 e. The molecule has 1 aromatic heterocycles. The van der Waals surface area contributed by atoms with Gasteiger partial charge >= 0.3 is 0 Å². The third kappa shape index (κ3) is 8.03. The van der Waals surface area contributed by atoms with Crippen molar-refractivity contribution in [2.75, 3.05) is 45.4 Å². The van der Waals surface area contributed by atoms with Crippen LogP contribution in [0.25, 0.3) is 0 Å². The van der Waals surface area contributed by atoms with E-state index >= 15 is 0 Å². The summed E-state index contributed by atoms with van der Waals surface area (Å²) in [6.07, 6.45) is 3.22. The second kappa shape index (κ2) is 9.57. The predicted molar refractivity (Wildman–Crippen MR) is 93.4 cm³/mol. The van der Waals surface area contributed by atoms with Crippen molar-refractivity contribution in [3.05, 3.63) is 24.0 Å². The number of aliphatic imine (C=N–C) groups is 1. The first-order chi connectivity index (χ1) is 10.8. The number of nitrogens with one attached hydrogen (secondary N) is 1. The number of sulfone groups is 1. The topological polar surface area (TPSA) is 75.9 Å². The van der Waals surface area contributed by atoms with Crippen LogP contribution in [0.1, 0.15) is 12.6 Å². The first kappa shape index (κ1) is 19.5. The van der Waals surface area contributed by atoms with Crippen molar-refractivity contribution in [3.8, 4) is 0 Å². The van der Waals surface area contributed by atoms with Gasteiger partial charge in [-0.15, -0.1) is 0 Å². The Balaban J connectivity index is 2.44. The van der Waals surface area contributed by atoms with E-state index < -0.39 is 9.84 Å². The van der Waals surface area contributed by atoms with Crippen LogP contribution in [0.15, 0.2) is 23.3 Å². The van der Waals surface area contributed by atoms with Crippen molar-refractivity contribution in [1.82, 2.24) is 14.8 Å². The van der Waals surface area contributed by atoms with Crippen LogP contribution in [0, 0.1) is 0 Å². The number of guanidine groups is 1. The standard InChI is InChI=1S/C15H28N4O3S/c1-5-16-15(17-8-10-22-11-12-23(4,20)21)19(3)13-14-7-6-9-18(14)2/h6-7,9H,5,8,10-13H2,1-4H3,(H,16,17). The lowest BCUT2D eigenvalue weighted by Gasteiger charge is -2.22. The third-order valence-corrected chi connectivity index (χ3v) is 4.15. The van der Waals surface area contributed by atoms with Gasteiger partial charge < -0.3 is 19.5 Å². The highest BCUT2D eigenvalue weighted by Crippen LogP contribution is 2.03. The average Bonchev–Trinajstić information content (AvgIpc) is 2.85. The lowest BCUT2D eigenvalue weighted by molar-refractivity contribution is 0.157. The number of ether oxygens (including phenoxy) is 1. The maximum atomic E-state index is 11.0. The number of hydrogen-bond donors (Lipinski definition) is 1. The molecule has 0 saturated heterocycles. The van der Waals surface area contributed by atoms with E-state index in [9.17, 15) is 8.42 Å². The van der Waals surface area contributed by atoms with E-state index in [1.807, 2.05) is 33.3 Å². The van der Waals surface area contributed by atoms with E-state index in [0.717, 1.165) is 19.0 Å². The van der Waals surface area contributed by atoms with Crippen LogP contribution < -0.4 is 5.32 Å². The summed E-state index contributed by atoms with van der Waals surface area (Å²) in [6, 6.07) is 4.09. The van der Waals surface area contributed by atoms with Crippen molar-refractivity contribution in [3.63, 3.8) is 0 Å². The normalized spacial score (nSPS) is 12.4. The molecule has 0 unspecified atom stereocenters. The Morgan fingerprint density at radius 2 is 2.17 bits per heavy atom. The highest BCUT2D eigenvalue weighted by atomic mass is 32.2. The fraction of sp³-hybridized carbons (Fsp3) is 0.667. The summed E-state index contributed by atoms with van der Waals surface area (Å²) in [7, 11) is 1.04. The van der Waals surface area contributed by atoms with Gasteiger partial charge in [-0.1, -0.05) is 0 Å². The Morgan fingerprint density at radius 1 is 1.43 bits per heavy atom. The molecule has 7 nitrogen and oxygen atoms in total. The molecule has 1 N–H and O–H groups in total. The minimum absolute atomic E-state index is 0.0458. The summed E-state index contributed by atoms with van der Waals surface area (Å²) in [6.45, 7) is 4.67. The largest absolute Gasteiger partial charge is 0.378 e. The molecular weight excluding hydrogens is 316 g/mol. The SMILES string of the molecule is CCNC(=NCCOCCS(C)(=O)=O)N(C)Cc1cccn1C. The van der Waals surface area contributed by atoms with Crippen LogP contribution in [0.3, 0.4) is 0 Å². The van der Waals surface area contributed by atoms with Gasteiger partial charge in [0.15, 0.2) is 5.96 Å². The summed E-state index contributed by atoms with van der Waals surface area (Å²) in [5.41, 5.74) is 1.20. The van der Waals surface area contributed by atoms with E-state index in [0.29, 0.717) is 13.2 Å². The van der Waals surface area contributed by atoms with Gasteiger partial charge in [-0.3, -0.25) is 4.99 Å². The van der Waals surface area contributed by atoms with E-state index in [-0.39, 0.29) is 12.4 Å². The molecule has 0 radical (unpaired) electrons. The molecule has 0 aliphatic rings. The molecule has 1 heterocycles. The van der Waals surface area contributed by atoms with E-state index in [1.54, 1.807) is 0 Å². The minimum Gasteiger partial charge on any atom is -0.378 e. The summed E-state index contributed by atoms with van der Waals surface area (Å²) in [5.74, 6) is 0.852. The number of rotatable bonds is 9. The van der Waals surface area contributed by atoms with Gasteiger partial charge in [0.05, 0.1) is 32.1 Å². The molecule has 0 aliphatic heterocycles. The smallest absolute Gasteiger partial charge is 0.194 e. The maximum absolute atomic E-state index is 11.0. The van der Waals surface area contributed by atoms with Crippen molar-refractivity contribution in [2.24, 2.45) is 12.0 Å². The first-order valence-corrected chi connectivity index (χ1v) is 9.74. The van der Waals surface area contributed by atoms with Gasteiger partial charge in [0.1, 0.15) is 9.84 Å². The molecule has 0 aromatic carbocycles. The van der Waals surface area contributed by atoms with Crippen LogP contribution in [0.4, 0.5) is 0 Å². The van der Waals surface area contributed by atoms with Crippen LogP contribution in [0.2, 0.25) is 0 Å². The second-order valence-corrected chi connectivity index (χ2v) is 7.70. The Morgan fingerprint density at radius 3 is 2.74 bits per heavy atom. The molecular formula is C15H28N4O3S. The minimum atomic E-state index is -2.97. The lowest BCUT2D eigenvalue weighted by atomic mass is 10.4. The van der Waals surface area contributed by atoms with Crippen LogP contribution in [-0.4, -0.2) is 69.2 Å². The Kier molecular flexibility index (Phi) is 8.11. The molecule has 132 valence electrons. The number of nitrogens with zero attached hydrogens (tertiary/aromatic N) is 3. The molecule has 0 spiro atoms. The zero-order valence-electron chi connectivity index (χ0n) is 14.4. The molecule has 8 heteroatoms. The molecule has 0 aliphatic carbocycles. The van der Waals surface area contributed by atoms with Gasteiger partial charge in [-0.2, -0.15) is 0 Å². The average molecular weight is 344 g/mol. The summed E-state index contributed by atoms with van der Waals surface area (Å²) in [4.78, 5) is 6.56. The molecule has 1 rings (SSSR count). The molecule has 0 fully saturated rings. The Labute approximate surface area is 139 Å². The number of hydrogen-bond acceptors (Lipinski definition) is 4. The summed E-state index contributed by atoms with van der Waals surface area (Å²) in [5, 5.41) is 3.24. The highest BCUT2D eigenvalue weighted by Gasteiger charge is 2.08. The van der Waals surface area contributed by atoms with Crippen LogP contribution in [0.5, 0.6) is 0 Å². The van der Waals surface area contributed by atoms with Crippen LogP contribution >= 0.6 is 0 Å². The van der Waals surface area contributed by atoms with Crippen LogP contribution in [-0.2, 0) is 28.2 Å². The highest BCUT2D eigenvalue weighted by molar-refractivity contribution is 7.90. The molecule has 23 heavy (non-hydrogen) atoms. The van der Waals surface area contributed by atoms with E-state index in [4.69, 9.17) is 4.74 Å².